The molecule has 0 amide bonds. The van der Waals surface area contributed by atoms with Crippen molar-refractivity contribution >= 4 is 11.0 Å². The third kappa shape index (κ3) is 0.886. The molecule has 0 fully saturated rings. The van der Waals surface area contributed by atoms with Crippen molar-refractivity contribution in [3.63, 3.8) is 0 Å². The monoisotopic (exact) mass is 172 g/mol. The molecule has 13 heavy (non-hydrogen) atoms. The van der Waals surface area contributed by atoms with Crippen molar-refractivity contribution in [2.45, 2.75) is 6.42 Å². The Bertz CT molecular complexity index is 480. The fourth-order valence-electron chi connectivity index (χ4n) is 1.63. The Hall–Kier alpha value is -1.70. The lowest BCUT2D eigenvalue weighted by Gasteiger charge is -2.10. The second-order valence-corrected chi connectivity index (χ2v) is 3.09. The third-order valence-electron chi connectivity index (χ3n) is 2.28. The van der Waals surface area contributed by atoms with E-state index in [0.29, 0.717) is 0 Å². The van der Waals surface area contributed by atoms with Crippen molar-refractivity contribution in [1.82, 2.24) is 0 Å². The standard InChI is InChI=1S/C11H8O2/c1-2-8-3-4-9-5-7-13-11(9)10(8)12-6-1/h1,3-7H,2H2. The van der Waals surface area contributed by atoms with Crippen molar-refractivity contribution in [3.05, 3.63) is 42.4 Å². The van der Waals surface area contributed by atoms with Crippen LogP contribution in [-0.4, -0.2) is 0 Å². The van der Waals surface area contributed by atoms with Crippen LogP contribution in [0, 0.1) is 0 Å². The molecule has 2 heteroatoms. The van der Waals surface area contributed by atoms with E-state index in [2.05, 4.69) is 12.1 Å². The Balaban J connectivity index is 2.38. The molecule has 1 aliphatic heterocycles. The van der Waals surface area contributed by atoms with Gasteiger partial charge in [0.15, 0.2) is 11.3 Å². The number of furan rings is 1. The third-order valence-corrected chi connectivity index (χ3v) is 2.28. The van der Waals surface area contributed by atoms with Crippen LogP contribution in [0.25, 0.3) is 11.0 Å². The van der Waals surface area contributed by atoms with Crippen LogP contribution in [0.3, 0.4) is 0 Å². The minimum absolute atomic E-state index is 0.849. The molecule has 64 valence electrons. The minimum Gasteiger partial charge on any atom is -0.461 e. The summed E-state index contributed by atoms with van der Waals surface area (Å²) in [5.74, 6) is 0.866. The van der Waals surface area contributed by atoms with Gasteiger partial charge in [-0.05, 0) is 18.6 Å². The highest BCUT2D eigenvalue weighted by Crippen LogP contribution is 2.33. The van der Waals surface area contributed by atoms with E-state index in [0.717, 1.165) is 23.1 Å². The first kappa shape index (κ1) is 6.78. The molecule has 1 aliphatic rings. The highest BCUT2D eigenvalue weighted by molar-refractivity contribution is 5.84. The van der Waals surface area contributed by atoms with Crippen molar-refractivity contribution in [3.8, 4) is 5.75 Å². The molecule has 0 radical (unpaired) electrons. The topological polar surface area (TPSA) is 22.4 Å². The van der Waals surface area contributed by atoms with Crippen LogP contribution >= 0.6 is 0 Å². The Kier molecular flexibility index (Phi) is 1.25. The molecule has 2 aromatic rings. The summed E-state index contributed by atoms with van der Waals surface area (Å²) in [6.45, 7) is 0. The van der Waals surface area contributed by atoms with Crippen LogP contribution in [-0.2, 0) is 6.42 Å². The lowest BCUT2D eigenvalue weighted by molar-refractivity contribution is 0.456. The van der Waals surface area contributed by atoms with Crippen LogP contribution in [0.1, 0.15) is 5.56 Å². The Morgan fingerprint density at radius 2 is 2.15 bits per heavy atom. The van der Waals surface area contributed by atoms with Gasteiger partial charge in [-0.15, -0.1) is 0 Å². The largest absolute Gasteiger partial charge is 0.461 e. The average Bonchev–Trinajstić information content (AvgIpc) is 2.65. The van der Waals surface area contributed by atoms with E-state index in [4.69, 9.17) is 9.15 Å². The number of fused-ring (bicyclic) bond motifs is 3. The number of rotatable bonds is 0. The molecule has 0 unspecified atom stereocenters. The summed E-state index contributed by atoms with van der Waals surface area (Å²) in [6, 6.07) is 6.08. The molecular formula is C11H8O2. The summed E-state index contributed by atoms with van der Waals surface area (Å²) in [7, 11) is 0. The molecule has 0 bridgehead atoms. The number of allylic oxidation sites excluding steroid dienone is 1. The van der Waals surface area contributed by atoms with E-state index >= 15 is 0 Å². The first-order valence-electron chi connectivity index (χ1n) is 4.26. The van der Waals surface area contributed by atoms with Gasteiger partial charge in [-0.3, -0.25) is 0 Å². The Labute approximate surface area is 75.4 Å². The molecule has 0 saturated heterocycles. The number of hydrogen-bond donors (Lipinski definition) is 0. The van der Waals surface area contributed by atoms with Crippen LogP contribution < -0.4 is 4.74 Å². The molecule has 0 aliphatic carbocycles. The van der Waals surface area contributed by atoms with Gasteiger partial charge >= 0.3 is 0 Å². The lowest BCUT2D eigenvalue weighted by atomic mass is 10.1. The first-order valence-corrected chi connectivity index (χ1v) is 4.26. The quantitative estimate of drug-likeness (QED) is 0.609. The zero-order valence-corrected chi connectivity index (χ0v) is 6.99. The van der Waals surface area contributed by atoms with Gasteiger partial charge in [0.2, 0.25) is 0 Å². The maximum Gasteiger partial charge on any atom is 0.176 e. The van der Waals surface area contributed by atoms with Gasteiger partial charge < -0.3 is 9.15 Å². The van der Waals surface area contributed by atoms with Crippen LogP contribution in [0.15, 0.2) is 41.2 Å². The molecule has 2 heterocycles. The molecule has 2 nitrogen and oxygen atoms in total. The average molecular weight is 172 g/mol. The molecule has 1 aromatic heterocycles. The van der Waals surface area contributed by atoms with Gasteiger partial charge in [0.25, 0.3) is 0 Å². The molecule has 0 saturated carbocycles. The molecule has 3 rings (SSSR count). The summed E-state index contributed by atoms with van der Waals surface area (Å²) in [4.78, 5) is 0. The van der Waals surface area contributed by atoms with Crippen LogP contribution in [0.5, 0.6) is 5.75 Å². The van der Waals surface area contributed by atoms with E-state index in [1.165, 1.54) is 5.56 Å². The van der Waals surface area contributed by atoms with Gasteiger partial charge in [0, 0.05) is 10.9 Å². The number of hydrogen-bond acceptors (Lipinski definition) is 2. The predicted octanol–water partition coefficient (Wildman–Crippen LogP) is 2.88. The molecule has 0 atom stereocenters. The predicted molar refractivity (Wildman–Crippen MR) is 49.7 cm³/mol. The molecule has 1 aromatic carbocycles. The van der Waals surface area contributed by atoms with E-state index in [-0.39, 0.29) is 0 Å². The molecule has 0 spiro atoms. The van der Waals surface area contributed by atoms with Crippen LogP contribution in [0.4, 0.5) is 0 Å². The summed E-state index contributed by atoms with van der Waals surface area (Å²) >= 11 is 0. The van der Waals surface area contributed by atoms with Crippen molar-refractivity contribution in [1.29, 1.82) is 0 Å². The van der Waals surface area contributed by atoms with Gasteiger partial charge in [0.05, 0.1) is 12.5 Å². The molecular weight excluding hydrogens is 164 g/mol. The van der Waals surface area contributed by atoms with E-state index in [1.807, 2.05) is 12.1 Å². The van der Waals surface area contributed by atoms with Crippen molar-refractivity contribution < 1.29 is 9.15 Å². The van der Waals surface area contributed by atoms with E-state index < -0.39 is 0 Å². The maximum atomic E-state index is 5.42. The zero-order valence-electron chi connectivity index (χ0n) is 6.99. The number of ether oxygens (including phenoxy) is 1. The molecule has 0 N–H and O–H groups in total. The minimum atomic E-state index is 0.849. The lowest BCUT2D eigenvalue weighted by Crippen LogP contribution is -1.95. The summed E-state index contributed by atoms with van der Waals surface area (Å²) in [6.07, 6.45) is 6.32. The highest BCUT2D eigenvalue weighted by Gasteiger charge is 2.12. The first-order chi connectivity index (χ1) is 6.45. The van der Waals surface area contributed by atoms with Gasteiger partial charge in [-0.25, -0.2) is 0 Å². The fourth-order valence-corrected chi connectivity index (χ4v) is 1.63. The summed E-state index contributed by atoms with van der Waals surface area (Å²) in [5.41, 5.74) is 2.03. The smallest absolute Gasteiger partial charge is 0.176 e. The normalized spacial score (nSPS) is 14.2. The summed E-state index contributed by atoms with van der Waals surface area (Å²) < 4.78 is 10.8. The SMILES string of the molecule is C1=COc2c(ccc3ccoc23)C1. The maximum absolute atomic E-state index is 5.42. The van der Waals surface area contributed by atoms with E-state index in [9.17, 15) is 0 Å². The van der Waals surface area contributed by atoms with Crippen molar-refractivity contribution in [2.24, 2.45) is 0 Å². The Morgan fingerprint density at radius 1 is 1.15 bits per heavy atom. The Morgan fingerprint density at radius 3 is 3.15 bits per heavy atom. The van der Waals surface area contributed by atoms with Gasteiger partial charge in [-0.1, -0.05) is 12.1 Å². The second-order valence-electron chi connectivity index (χ2n) is 3.09. The summed E-state index contributed by atoms with van der Waals surface area (Å²) in [5, 5.41) is 1.09. The van der Waals surface area contributed by atoms with Crippen LogP contribution in [0.2, 0.25) is 0 Å². The van der Waals surface area contributed by atoms with Gasteiger partial charge in [-0.2, -0.15) is 0 Å². The number of benzene rings is 1. The second kappa shape index (κ2) is 2.39. The van der Waals surface area contributed by atoms with E-state index in [1.54, 1.807) is 12.5 Å². The zero-order chi connectivity index (χ0) is 8.67. The fraction of sp³-hybridized carbons (Fsp3) is 0.0909. The highest BCUT2D eigenvalue weighted by atomic mass is 16.5. The van der Waals surface area contributed by atoms with Gasteiger partial charge in [0.1, 0.15) is 0 Å². The van der Waals surface area contributed by atoms with Crippen molar-refractivity contribution in [2.75, 3.05) is 0 Å².